The van der Waals surface area contributed by atoms with Crippen LogP contribution in [0.3, 0.4) is 0 Å². The Labute approximate surface area is 224 Å². The maximum atomic E-state index is 13.5. The fourth-order valence-electron chi connectivity index (χ4n) is 4.45. The van der Waals surface area contributed by atoms with Crippen LogP contribution in [0.15, 0.2) is 72.8 Å². The third kappa shape index (κ3) is 5.05. The summed E-state index contributed by atoms with van der Waals surface area (Å²) in [5.41, 5.74) is 2.00. The van der Waals surface area contributed by atoms with E-state index in [9.17, 15) is 14.4 Å². The number of thioether (sulfide) groups is 1. The molecule has 1 atom stereocenters. The summed E-state index contributed by atoms with van der Waals surface area (Å²) in [6.45, 7) is 0.795. The van der Waals surface area contributed by atoms with Crippen LogP contribution in [0.4, 0.5) is 16.2 Å². The number of fused-ring (bicyclic) bond motifs is 1. The molecule has 1 unspecified atom stereocenters. The molecular weight excluding hydrogens is 506 g/mol. The zero-order valence-electron chi connectivity index (χ0n) is 21.0. The molecule has 2 aliphatic heterocycles. The van der Waals surface area contributed by atoms with Gasteiger partial charge in [0.05, 0.1) is 45.3 Å². The molecule has 38 heavy (non-hydrogen) atoms. The van der Waals surface area contributed by atoms with Gasteiger partial charge in [-0.3, -0.25) is 19.3 Å². The fourth-order valence-corrected chi connectivity index (χ4v) is 5.31. The highest BCUT2D eigenvalue weighted by atomic mass is 32.2. The fraction of sp³-hybridized carbons (Fsp3) is 0.250. The zero-order valence-corrected chi connectivity index (χ0v) is 21.8. The standard InChI is InChI=1S/C28H27N3O6S/c1-35-23-15-21-22(16-24(23)36-2)31(20-11-7-4-8-12-20)18-29(25(21)32)13-14-37-27-26(33)30(28(34)38-27)17-19-9-5-3-6-10-19/h3-12,15-16,27H,13-14,17-18H2,1-2H3. The summed E-state index contributed by atoms with van der Waals surface area (Å²) in [4.78, 5) is 43.6. The Morgan fingerprint density at radius 1 is 0.895 bits per heavy atom. The predicted octanol–water partition coefficient (Wildman–Crippen LogP) is 4.49. The normalized spacial score (nSPS) is 17.2. The van der Waals surface area contributed by atoms with Crippen molar-refractivity contribution in [1.29, 1.82) is 0 Å². The van der Waals surface area contributed by atoms with Crippen LogP contribution in [0.25, 0.3) is 0 Å². The second-order valence-electron chi connectivity index (χ2n) is 8.69. The summed E-state index contributed by atoms with van der Waals surface area (Å²) < 4.78 is 16.7. The van der Waals surface area contributed by atoms with Crippen LogP contribution in [0.1, 0.15) is 15.9 Å². The molecule has 0 saturated carbocycles. The van der Waals surface area contributed by atoms with Crippen LogP contribution in [-0.2, 0) is 16.1 Å². The van der Waals surface area contributed by atoms with E-state index < -0.39 is 5.44 Å². The molecule has 0 bridgehead atoms. The van der Waals surface area contributed by atoms with Crippen LogP contribution >= 0.6 is 11.8 Å². The number of hydrogen-bond donors (Lipinski definition) is 0. The third-order valence-corrected chi connectivity index (χ3v) is 7.37. The maximum absolute atomic E-state index is 13.5. The van der Waals surface area contributed by atoms with E-state index in [0.717, 1.165) is 23.0 Å². The van der Waals surface area contributed by atoms with Crippen molar-refractivity contribution < 1.29 is 28.6 Å². The van der Waals surface area contributed by atoms with Crippen molar-refractivity contribution in [3.8, 4) is 11.5 Å². The number of hydrogen-bond acceptors (Lipinski definition) is 8. The van der Waals surface area contributed by atoms with E-state index in [4.69, 9.17) is 14.2 Å². The number of anilines is 2. The lowest BCUT2D eigenvalue weighted by atomic mass is 10.1. The molecule has 10 heteroatoms. The average molecular weight is 534 g/mol. The first kappa shape index (κ1) is 25.6. The molecule has 3 aromatic rings. The molecule has 0 spiro atoms. The molecule has 0 N–H and O–H groups in total. The second kappa shape index (κ2) is 11.2. The van der Waals surface area contributed by atoms with Crippen molar-refractivity contribution in [3.05, 3.63) is 83.9 Å². The molecule has 0 aromatic heterocycles. The third-order valence-electron chi connectivity index (χ3n) is 6.40. The van der Waals surface area contributed by atoms with Crippen LogP contribution in [-0.4, -0.2) is 66.3 Å². The first-order valence-corrected chi connectivity index (χ1v) is 12.9. The van der Waals surface area contributed by atoms with Gasteiger partial charge in [0.1, 0.15) is 0 Å². The van der Waals surface area contributed by atoms with Crippen molar-refractivity contribution in [2.24, 2.45) is 0 Å². The number of amides is 3. The Morgan fingerprint density at radius 3 is 2.24 bits per heavy atom. The van der Waals surface area contributed by atoms with Crippen molar-refractivity contribution in [2.45, 2.75) is 12.0 Å². The van der Waals surface area contributed by atoms with Gasteiger partial charge in [-0.1, -0.05) is 48.5 Å². The van der Waals surface area contributed by atoms with Gasteiger partial charge in [0, 0.05) is 18.3 Å². The van der Waals surface area contributed by atoms with E-state index in [-0.39, 0.29) is 43.4 Å². The lowest BCUT2D eigenvalue weighted by Crippen LogP contribution is -2.46. The monoisotopic (exact) mass is 533 g/mol. The molecule has 2 heterocycles. The van der Waals surface area contributed by atoms with Gasteiger partial charge in [-0.25, -0.2) is 0 Å². The smallest absolute Gasteiger partial charge is 0.291 e. The van der Waals surface area contributed by atoms with Crippen LogP contribution in [0.2, 0.25) is 0 Å². The minimum absolute atomic E-state index is 0.0901. The van der Waals surface area contributed by atoms with E-state index in [2.05, 4.69) is 0 Å². The zero-order chi connectivity index (χ0) is 26.6. The highest BCUT2D eigenvalue weighted by molar-refractivity contribution is 8.15. The van der Waals surface area contributed by atoms with Gasteiger partial charge in [-0.2, -0.15) is 0 Å². The lowest BCUT2D eigenvalue weighted by molar-refractivity contribution is -0.134. The lowest BCUT2D eigenvalue weighted by Gasteiger charge is -2.38. The summed E-state index contributed by atoms with van der Waals surface area (Å²) in [7, 11) is 3.08. The van der Waals surface area contributed by atoms with Gasteiger partial charge >= 0.3 is 0 Å². The molecule has 1 fully saturated rings. The van der Waals surface area contributed by atoms with E-state index in [0.29, 0.717) is 22.7 Å². The number of carbonyl (C=O) groups is 3. The summed E-state index contributed by atoms with van der Waals surface area (Å²) >= 11 is 0.854. The van der Waals surface area contributed by atoms with Gasteiger partial charge in [-0.05, 0) is 35.5 Å². The van der Waals surface area contributed by atoms with Crippen molar-refractivity contribution in [3.63, 3.8) is 0 Å². The number of benzene rings is 3. The molecule has 3 aromatic carbocycles. The van der Waals surface area contributed by atoms with Gasteiger partial charge in [0.15, 0.2) is 16.9 Å². The number of nitrogens with zero attached hydrogens (tertiary/aromatic N) is 3. The van der Waals surface area contributed by atoms with E-state index in [1.807, 2.05) is 65.6 Å². The summed E-state index contributed by atoms with van der Waals surface area (Å²) in [5.74, 6) is 0.403. The van der Waals surface area contributed by atoms with Crippen LogP contribution in [0, 0.1) is 0 Å². The molecule has 196 valence electrons. The first-order chi connectivity index (χ1) is 18.5. The molecule has 5 rings (SSSR count). The first-order valence-electron chi connectivity index (χ1n) is 12.1. The Balaban J connectivity index is 1.30. The summed E-state index contributed by atoms with van der Waals surface area (Å²) in [6.07, 6.45) is 0. The molecule has 0 aliphatic carbocycles. The minimum atomic E-state index is -0.937. The molecule has 1 saturated heterocycles. The van der Waals surface area contributed by atoms with Crippen molar-refractivity contribution >= 4 is 40.2 Å². The van der Waals surface area contributed by atoms with Gasteiger partial charge < -0.3 is 24.0 Å². The Hall–Kier alpha value is -4.02. The minimum Gasteiger partial charge on any atom is -0.493 e. The molecule has 9 nitrogen and oxygen atoms in total. The number of ether oxygens (including phenoxy) is 3. The highest BCUT2D eigenvalue weighted by Crippen LogP contribution is 2.41. The Morgan fingerprint density at radius 2 is 1.55 bits per heavy atom. The Bertz CT molecular complexity index is 1340. The number of imide groups is 1. The van der Waals surface area contributed by atoms with Crippen molar-refractivity contribution in [2.75, 3.05) is 38.9 Å². The largest absolute Gasteiger partial charge is 0.493 e. The molecule has 0 radical (unpaired) electrons. The van der Waals surface area contributed by atoms with Crippen LogP contribution in [0.5, 0.6) is 11.5 Å². The number of carbonyl (C=O) groups excluding carboxylic acids is 3. The topological polar surface area (TPSA) is 88.6 Å². The Kier molecular flexibility index (Phi) is 7.52. The highest BCUT2D eigenvalue weighted by Gasteiger charge is 2.40. The molecule has 3 amide bonds. The van der Waals surface area contributed by atoms with Gasteiger partial charge in [0.2, 0.25) is 0 Å². The summed E-state index contributed by atoms with van der Waals surface area (Å²) in [6, 6.07) is 22.5. The summed E-state index contributed by atoms with van der Waals surface area (Å²) in [5, 5.41) is -0.344. The number of para-hydroxylation sites is 1. The quantitative estimate of drug-likeness (QED) is 0.398. The predicted molar refractivity (Wildman–Crippen MR) is 144 cm³/mol. The second-order valence-corrected chi connectivity index (χ2v) is 9.71. The van der Waals surface area contributed by atoms with Gasteiger partial charge in [-0.15, -0.1) is 0 Å². The SMILES string of the molecule is COc1cc2c(cc1OC)N(c1ccccc1)CN(CCOC1SC(=O)N(Cc3ccccc3)C1=O)C2=O. The number of rotatable bonds is 9. The molecule has 2 aliphatic rings. The molecular formula is C28H27N3O6S. The van der Waals surface area contributed by atoms with Gasteiger partial charge in [0.25, 0.3) is 17.1 Å². The maximum Gasteiger partial charge on any atom is 0.291 e. The van der Waals surface area contributed by atoms with Crippen molar-refractivity contribution in [1.82, 2.24) is 9.80 Å². The average Bonchev–Trinajstić information content (AvgIpc) is 3.22. The van der Waals surface area contributed by atoms with Crippen LogP contribution < -0.4 is 14.4 Å². The van der Waals surface area contributed by atoms with E-state index >= 15 is 0 Å². The number of methoxy groups -OCH3 is 2. The van der Waals surface area contributed by atoms with E-state index in [1.165, 1.54) is 12.0 Å². The van der Waals surface area contributed by atoms with E-state index in [1.54, 1.807) is 24.1 Å².